The van der Waals surface area contributed by atoms with Gasteiger partial charge in [0.2, 0.25) is 0 Å². The summed E-state index contributed by atoms with van der Waals surface area (Å²) in [7, 11) is 1.62. The molecule has 0 radical (unpaired) electrons. The third-order valence-electron chi connectivity index (χ3n) is 3.58. The van der Waals surface area contributed by atoms with Crippen LogP contribution in [0.2, 0.25) is 5.02 Å². The van der Waals surface area contributed by atoms with Crippen LogP contribution in [0.4, 0.5) is 0 Å². The van der Waals surface area contributed by atoms with Crippen LogP contribution in [0.5, 0.6) is 5.75 Å². The molecule has 0 fully saturated rings. The van der Waals surface area contributed by atoms with Crippen molar-refractivity contribution in [1.29, 1.82) is 0 Å². The van der Waals surface area contributed by atoms with Crippen molar-refractivity contribution < 1.29 is 9.53 Å². The number of hydrogen-bond donors (Lipinski definition) is 1. The maximum atomic E-state index is 12.1. The van der Waals surface area contributed by atoms with Crippen LogP contribution in [0.25, 0.3) is 16.8 Å². The normalized spacial score (nSPS) is 11.0. The highest BCUT2D eigenvalue weighted by Crippen LogP contribution is 2.32. The number of fused-ring (bicyclic) bond motifs is 1. The van der Waals surface area contributed by atoms with E-state index in [1.165, 1.54) is 0 Å². The number of rotatable bonds is 4. The smallest absolute Gasteiger partial charge is 0.271 e. The second kappa shape index (κ2) is 6.53. The Morgan fingerprint density at radius 3 is 2.75 bits per heavy atom. The molecule has 0 bridgehead atoms. The minimum absolute atomic E-state index is 0.0635. The molecule has 6 heteroatoms. The number of nitrogens with zero attached hydrogens (tertiary/aromatic N) is 2. The number of ether oxygens (including phenoxy) is 1. The molecule has 2 aromatic heterocycles. The second-order valence-corrected chi connectivity index (χ2v) is 6.22. The molecule has 0 spiro atoms. The summed E-state index contributed by atoms with van der Waals surface area (Å²) in [5, 5.41) is 3.47. The van der Waals surface area contributed by atoms with Gasteiger partial charge < -0.3 is 14.5 Å². The Hall–Kier alpha value is -2.53. The zero-order valence-corrected chi connectivity index (χ0v) is 14.5. The molecule has 3 aromatic rings. The Kier molecular flexibility index (Phi) is 4.44. The molecule has 0 unspecified atom stereocenters. The first-order chi connectivity index (χ1) is 11.5. The number of imidazole rings is 1. The van der Waals surface area contributed by atoms with Crippen molar-refractivity contribution in [2.24, 2.45) is 0 Å². The summed E-state index contributed by atoms with van der Waals surface area (Å²) >= 11 is 6.11. The molecule has 1 amide bonds. The summed E-state index contributed by atoms with van der Waals surface area (Å²) in [6.07, 6.45) is 3.62. The number of halogens is 1. The standard InChI is InChI=1S/C18H18ClN3O2/c1-11(2)20-18(23)15-10-22-9-12(4-7-17(22)21-15)14-8-13(19)5-6-16(14)24-3/h4-11H,1-3H3,(H,20,23). The van der Waals surface area contributed by atoms with Gasteiger partial charge in [0.15, 0.2) is 0 Å². The molecule has 24 heavy (non-hydrogen) atoms. The first-order valence-corrected chi connectivity index (χ1v) is 7.99. The van der Waals surface area contributed by atoms with Crippen LogP contribution in [-0.4, -0.2) is 28.4 Å². The first kappa shape index (κ1) is 16.3. The van der Waals surface area contributed by atoms with E-state index in [0.717, 1.165) is 16.9 Å². The van der Waals surface area contributed by atoms with Crippen LogP contribution < -0.4 is 10.1 Å². The summed E-state index contributed by atoms with van der Waals surface area (Å²) in [4.78, 5) is 16.5. The molecule has 0 aliphatic carbocycles. The van der Waals surface area contributed by atoms with E-state index in [1.54, 1.807) is 19.4 Å². The Balaban J connectivity index is 2.03. The fraction of sp³-hybridized carbons (Fsp3) is 0.222. The first-order valence-electron chi connectivity index (χ1n) is 7.61. The highest BCUT2D eigenvalue weighted by Gasteiger charge is 2.13. The molecule has 0 saturated heterocycles. The number of benzene rings is 1. The number of nitrogens with one attached hydrogen (secondary N) is 1. The third kappa shape index (κ3) is 3.21. The zero-order chi connectivity index (χ0) is 17.3. The van der Waals surface area contributed by atoms with E-state index < -0.39 is 0 Å². The van der Waals surface area contributed by atoms with Gasteiger partial charge in [0.05, 0.1) is 7.11 Å². The molecule has 1 aromatic carbocycles. The maximum absolute atomic E-state index is 12.1. The number of carbonyl (C=O) groups excluding carboxylic acids is 1. The third-order valence-corrected chi connectivity index (χ3v) is 3.81. The highest BCUT2D eigenvalue weighted by atomic mass is 35.5. The molecule has 1 N–H and O–H groups in total. The summed E-state index contributed by atoms with van der Waals surface area (Å²) in [6, 6.07) is 9.33. The molecule has 0 aliphatic heterocycles. The lowest BCUT2D eigenvalue weighted by Gasteiger charge is -2.09. The lowest BCUT2D eigenvalue weighted by Crippen LogP contribution is -2.30. The summed E-state index contributed by atoms with van der Waals surface area (Å²) < 4.78 is 7.23. The Morgan fingerprint density at radius 2 is 2.04 bits per heavy atom. The molecule has 124 valence electrons. The molecule has 0 atom stereocenters. The summed E-state index contributed by atoms with van der Waals surface area (Å²) in [5.74, 6) is 0.548. The van der Waals surface area contributed by atoms with Gasteiger partial charge in [-0.25, -0.2) is 4.98 Å². The Bertz CT molecular complexity index is 902. The van der Waals surface area contributed by atoms with Gasteiger partial charge in [-0.2, -0.15) is 0 Å². The molecule has 5 nitrogen and oxygen atoms in total. The Morgan fingerprint density at radius 1 is 1.25 bits per heavy atom. The van der Waals surface area contributed by atoms with Crippen LogP contribution >= 0.6 is 11.6 Å². The number of hydrogen-bond acceptors (Lipinski definition) is 3. The summed E-state index contributed by atoms with van der Waals surface area (Å²) in [5.41, 5.74) is 2.90. The van der Waals surface area contributed by atoms with Crippen molar-refractivity contribution in [1.82, 2.24) is 14.7 Å². The van der Waals surface area contributed by atoms with E-state index >= 15 is 0 Å². The second-order valence-electron chi connectivity index (χ2n) is 5.78. The highest BCUT2D eigenvalue weighted by molar-refractivity contribution is 6.31. The summed E-state index contributed by atoms with van der Waals surface area (Å²) in [6.45, 7) is 3.83. The van der Waals surface area contributed by atoms with E-state index in [1.807, 2.05) is 48.7 Å². The average Bonchev–Trinajstić information content (AvgIpc) is 2.97. The number of carbonyl (C=O) groups is 1. The average molecular weight is 344 g/mol. The number of methoxy groups -OCH3 is 1. The monoisotopic (exact) mass is 343 g/mol. The number of aromatic nitrogens is 2. The fourth-order valence-corrected chi connectivity index (χ4v) is 2.67. The van der Waals surface area contributed by atoms with Crippen molar-refractivity contribution in [3.63, 3.8) is 0 Å². The van der Waals surface area contributed by atoms with E-state index in [4.69, 9.17) is 16.3 Å². The largest absolute Gasteiger partial charge is 0.496 e. The SMILES string of the molecule is COc1ccc(Cl)cc1-c1ccc2nc(C(=O)NC(C)C)cn2c1. The zero-order valence-electron chi connectivity index (χ0n) is 13.7. The van der Waals surface area contributed by atoms with Gasteiger partial charge in [-0.15, -0.1) is 0 Å². The topological polar surface area (TPSA) is 55.6 Å². The molecule has 3 rings (SSSR count). The van der Waals surface area contributed by atoms with Crippen molar-refractivity contribution >= 4 is 23.2 Å². The fourth-order valence-electron chi connectivity index (χ4n) is 2.50. The minimum atomic E-state index is -0.185. The molecule has 0 saturated carbocycles. The van der Waals surface area contributed by atoms with Crippen LogP contribution in [0.3, 0.4) is 0 Å². The van der Waals surface area contributed by atoms with Crippen LogP contribution in [-0.2, 0) is 0 Å². The van der Waals surface area contributed by atoms with Crippen molar-refractivity contribution in [3.05, 3.63) is 53.4 Å². The molecular weight excluding hydrogens is 326 g/mol. The number of pyridine rings is 1. The van der Waals surface area contributed by atoms with Gasteiger partial charge in [-0.3, -0.25) is 4.79 Å². The van der Waals surface area contributed by atoms with Crippen LogP contribution in [0.15, 0.2) is 42.7 Å². The van der Waals surface area contributed by atoms with Gasteiger partial charge in [-0.05, 0) is 44.2 Å². The molecule has 2 heterocycles. The lowest BCUT2D eigenvalue weighted by atomic mass is 10.1. The van der Waals surface area contributed by atoms with E-state index in [0.29, 0.717) is 16.4 Å². The van der Waals surface area contributed by atoms with Gasteiger partial charge in [-0.1, -0.05) is 11.6 Å². The van der Waals surface area contributed by atoms with Crippen LogP contribution in [0.1, 0.15) is 24.3 Å². The predicted octanol–water partition coefficient (Wildman–Crippen LogP) is 3.80. The van der Waals surface area contributed by atoms with Crippen molar-refractivity contribution in [3.8, 4) is 16.9 Å². The predicted molar refractivity (Wildman–Crippen MR) is 94.8 cm³/mol. The van der Waals surface area contributed by atoms with E-state index in [9.17, 15) is 4.79 Å². The van der Waals surface area contributed by atoms with Crippen LogP contribution in [0, 0.1) is 0 Å². The van der Waals surface area contributed by atoms with Gasteiger partial charge >= 0.3 is 0 Å². The van der Waals surface area contributed by atoms with Gasteiger partial charge in [0.1, 0.15) is 17.1 Å². The maximum Gasteiger partial charge on any atom is 0.271 e. The van der Waals surface area contributed by atoms with Crippen molar-refractivity contribution in [2.75, 3.05) is 7.11 Å². The quantitative estimate of drug-likeness (QED) is 0.783. The molecule has 0 aliphatic rings. The Labute approximate surface area is 145 Å². The van der Waals surface area contributed by atoms with E-state index in [-0.39, 0.29) is 11.9 Å². The lowest BCUT2D eigenvalue weighted by molar-refractivity contribution is 0.0938. The van der Waals surface area contributed by atoms with Gasteiger partial charge in [0.25, 0.3) is 5.91 Å². The minimum Gasteiger partial charge on any atom is -0.496 e. The van der Waals surface area contributed by atoms with Crippen molar-refractivity contribution in [2.45, 2.75) is 19.9 Å². The van der Waals surface area contributed by atoms with E-state index in [2.05, 4.69) is 10.3 Å². The molecular formula is C18H18ClN3O2. The number of amides is 1. The van der Waals surface area contributed by atoms with Gasteiger partial charge in [0, 0.05) is 34.6 Å².